The first-order chi connectivity index (χ1) is 15.1. The van der Waals surface area contributed by atoms with E-state index in [1.807, 2.05) is 24.5 Å². The second kappa shape index (κ2) is 8.16. The number of nitrogens with one attached hydrogen (secondary N) is 1. The van der Waals surface area contributed by atoms with Crippen molar-refractivity contribution in [2.75, 3.05) is 18.5 Å². The molecule has 2 aliphatic rings. The summed E-state index contributed by atoms with van der Waals surface area (Å²) in [6.45, 7) is 4.36. The molecule has 0 amide bonds. The molecule has 0 saturated carbocycles. The van der Waals surface area contributed by atoms with Crippen LogP contribution in [-0.2, 0) is 20.6 Å². The van der Waals surface area contributed by atoms with Crippen LogP contribution in [0.25, 0.3) is 11.2 Å². The topological polar surface area (TPSA) is 104 Å². The normalized spacial score (nSPS) is 26.9. The second-order valence-corrected chi connectivity index (χ2v) is 8.37. The van der Waals surface area contributed by atoms with Gasteiger partial charge >= 0.3 is 0 Å². The third-order valence-corrected chi connectivity index (χ3v) is 5.72. The summed E-state index contributed by atoms with van der Waals surface area (Å²) >= 11 is 0. The van der Waals surface area contributed by atoms with Gasteiger partial charge < -0.3 is 24.6 Å². The number of aryl methyl sites for hydroxylation is 1. The van der Waals surface area contributed by atoms with E-state index in [0.29, 0.717) is 17.0 Å². The lowest BCUT2D eigenvalue weighted by atomic mass is 10.1. The van der Waals surface area contributed by atoms with E-state index in [-0.39, 0.29) is 18.8 Å². The molecule has 1 aromatic carbocycles. The molecule has 31 heavy (non-hydrogen) atoms. The summed E-state index contributed by atoms with van der Waals surface area (Å²) in [6.07, 6.45) is 3.51. The molecule has 0 aliphatic carbocycles. The monoisotopic (exact) mass is 425 g/mol. The highest BCUT2D eigenvalue weighted by atomic mass is 16.8. The maximum absolute atomic E-state index is 9.74. The summed E-state index contributed by atoms with van der Waals surface area (Å²) in [7, 11) is 0. The average Bonchev–Trinajstić information content (AvgIpc) is 3.42. The third-order valence-electron chi connectivity index (χ3n) is 5.72. The first-order valence-corrected chi connectivity index (χ1v) is 10.6. The van der Waals surface area contributed by atoms with Crippen molar-refractivity contribution in [2.24, 2.45) is 0 Å². The Morgan fingerprint density at radius 3 is 2.71 bits per heavy atom. The Kier molecular flexibility index (Phi) is 5.35. The molecule has 4 heterocycles. The van der Waals surface area contributed by atoms with E-state index in [4.69, 9.17) is 14.2 Å². The van der Waals surface area contributed by atoms with Gasteiger partial charge in [-0.05, 0) is 32.3 Å². The third kappa shape index (κ3) is 3.89. The molecule has 9 heteroatoms. The maximum atomic E-state index is 9.74. The van der Waals surface area contributed by atoms with E-state index in [1.54, 1.807) is 6.33 Å². The highest BCUT2D eigenvalue weighted by Gasteiger charge is 2.55. The molecule has 2 N–H and O–H groups in total. The van der Waals surface area contributed by atoms with Crippen LogP contribution >= 0.6 is 0 Å². The SMILES string of the molecule is CC1(C)OC2C(CO)OC(n3cnc4c(NCCCc5ccccc5)ncnc43)C2O1. The van der Waals surface area contributed by atoms with Gasteiger partial charge in [0.25, 0.3) is 0 Å². The Morgan fingerprint density at radius 1 is 1.10 bits per heavy atom. The molecule has 5 rings (SSSR count). The molecule has 2 aromatic heterocycles. The maximum Gasteiger partial charge on any atom is 0.167 e. The van der Waals surface area contributed by atoms with Crippen molar-refractivity contribution < 1.29 is 19.3 Å². The molecular weight excluding hydrogens is 398 g/mol. The van der Waals surface area contributed by atoms with Crippen LogP contribution in [0.2, 0.25) is 0 Å². The molecular formula is C22H27N5O4. The van der Waals surface area contributed by atoms with Crippen molar-refractivity contribution in [1.82, 2.24) is 19.5 Å². The number of fused-ring (bicyclic) bond motifs is 2. The number of rotatable bonds is 7. The van der Waals surface area contributed by atoms with E-state index in [9.17, 15) is 5.11 Å². The van der Waals surface area contributed by atoms with Crippen LogP contribution in [0.15, 0.2) is 43.0 Å². The predicted molar refractivity (Wildman–Crippen MR) is 113 cm³/mol. The van der Waals surface area contributed by atoms with Gasteiger partial charge in [0, 0.05) is 6.54 Å². The van der Waals surface area contributed by atoms with Crippen molar-refractivity contribution in [3.63, 3.8) is 0 Å². The highest BCUT2D eigenvalue weighted by Crippen LogP contribution is 2.43. The Bertz CT molecular complexity index is 1040. The van der Waals surface area contributed by atoms with Gasteiger partial charge in [-0.3, -0.25) is 4.57 Å². The number of ether oxygens (including phenoxy) is 3. The molecule has 0 spiro atoms. The van der Waals surface area contributed by atoms with Gasteiger partial charge in [0.1, 0.15) is 24.6 Å². The number of imidazole rings is 1. The highest BCUT2D eigenvalue weighted by molar-refractivity contribution is 5.82. The van der Waals surface area contributed by atoms with Crippen LogP contribution in [0.5, 0.6) is 0 Å². The van der Waals surface area contributed by atoms with Crippen molar-refractivity contribution in [2.45, 2.75) is 57.0 Å². The zero-order valence-electron chi connectivity index (χ0n) is 17.6. The van der Waals surface area contributed by atoms with Crippen LogP contribution in [0.4, 0.5) is 5.82 Å². The fourth-order valence-electron chi connectivity index (χ4n) is 4.34. The Hall–Kier alpha value is -2.59. The molecule has 9 nitrogen and oxygen atoms in total. The molecule has 2 saturated heterocycles. The van der Waals surface area contributed by atoms with Gasteiger partial charge in [0.15, 0.2) is 29.0 Å². The number of benzene rings is 1. The van der Waals surface area contributed by atoms with Gasteiger partial charge in [-0.2, -0.15) is 0 Å². The zero-order valence-corrected chi connectivity index (χ0v) is 17.6. The number of anilines is 1. The fourth-order valence-corrected chi connectivity index (χ4v) is 4.34. The quantitative estimate of drug-likeness (QED) is 0.556. The minimum Gasteiger partial charge on any atom is -0.394 e. The molecule has 3 aromatic rings. The Balaban J connectivity index is 1.32. The molecule has 4 atom stereocenters. The van der Waals surface area contributed by atoms with Crippen molar-refractivity contribution in [1.29, 1.82) is 0 Å². The van der Waals surface area contributed by atoms with Gasteiger partial charge in [0.05, 0.1) is 12.9 Å². The molecule has 164 valence electrons. The van der Waals surface area contributed by atoms with E-state index in [2.05, 4.69) is 44.5 Å². The van der Waals surface area contributed by atoms with Crippen molar-refractivity contribution in [3.8, 4) is 0 Å². The van der Waals surface area contributed by atoms with Crippen molar-refractivity contribution in [3.05, 3.63) is 48.5 Å². The van der Waals surface area contributed by atoms with Crippen LogP contribution in [0, 0.1) is 0 Å². The predicted octanol–water partition coefficient (Wildman–Crippen LogP) is 2.28. The van der Waals surface area contributed by atoms with Crippen LogP contribution in [-0.4, -0.2) is 61.9 Å². The standard InChI is InChI=1S/C22H27N5O4/c1-22(2)30-17-15(11-28)29-21(18(17)31-22)27-13-26-16-19(24-12-25-20(16)27)23-10-6-9-14-7-4-3-5-8-14/h3-5,7-8,12-13,15,17-18,21,28H,6,9-11H2,1-2H3,(H,23,24,25). The van der Waals surface area contributed by atoms with Gasteiger partial charge in [-0.25, -0.2) is 15.0 Å². The summed E-state index contributed by atoms with van der Waals surface area (Å²) < 4.78 is 19.9. The van der Waals surface area contributed by atoms with E-state index in [0.717, 1.165) is 19.4 Å². The lowest BCUT2D eigenvalue weighted by Crippen LogP contribution is -2.31. The molecule has 4 unspecified atom stereocenters. The lowest BCUT2D eigenvalue weighted by Gasteiger charge is -2.24. The fraction of sp³-hybridized carbons (Fsp3) is 0.500. The van der Waals surface area contributed by atoms with Crippen LogP contribution < -0.4 is 5.32 Å². The van der Waals surface area contributed by atoms with Crippen molar-refractivity contribution >= 4 is 17.0 Å². The number of hydrogen-bond acceptors (Lipinski definition) is 8. The number of aliphatic hydroxyl groups is 1. The minimum atomic E-state index is -0.735. The smallest absolute Gasteiger partial charge is 0.167 e. The van der Waals surface area contributed by atoms with Gasteiger partial charge in [-0.15, -0.1) is 0 Å². The van der Waals surface area contributed by atoms with E-state index >= 15 is 0 Å². The second-order valence-electron chi connectivity index (χ2n) is 8.37. The number of nitrogens with zero attached hydrogens (tertiary/aromatic N) is 4. The first kappa shape index (κ1) is 20.3. The zero-order chi connectivity index (χ0) is 21.4. The molecule has 0 bridgehead atoms. The van der Waals surface area contributed by atoms with Gasteiger partial charge in [0.2, 0.25) is 0 Å². The first-order valence-electron chi connectivity index (χ1n) is 10.6. The molecule has 2 fully saturated rings. The molecule has 0 radical (unpaired) electrons. The number of aliphatic hydroxyl groups excluding tert-OH is 1. The Morgan fingerprint density at radius 2 is 1.90 bits per heavy atom. The summed E-state index contributed by atoms with van der Waals surface area (Å²) in [5.41, 5.74) is 2.64. The van der Waals surface area contributed by atoms with Crippen LogP contribution in [0.3, 0.4) is 0 Å². The Labute approximate surface area is 180 Å². The summed E-state index contributed by atoms with van der Waals surface area (Å²) in [6, 6.07) is 10.4. The number of hydrogen-bond donors (Lipinski definition) is 2. The molecule has 2 aliphatic heterocycles. The average molecular weight is 425 g/mol. The minimum absolute atomic E-state index is 0.146. The number of aromatic nitrogens is 4. The van der Waals surface area contributed by atoms with E-state index < -0.39 is 18.1 Å². The lowest BCUT2D eigenvalue weighted by molar-refractivity contribution is -0.199. The van der Waals surface area contributed by atoms with E-state index in [1.165, 1.54) is 11.9 Å². The summed E-state index contributed by atoms with van der Waals surface area (Å²) in [4.78, 5) is 13.3. The summed E-state index contributed by atoms with van der Waals surface area (Å²) in [5, 5.41) is 13.1. The largest absolute Gasteiger partial charge is 0.394 e. The van der Waals surface area contributed by atoms with Gasteiger partial charge in [-0.1, -0.05) is 30.3 Å². The van der Waals surface area contributed by atoms with Crippen LogP contribution in [0.1, 0.15) is 32.1 Å². The summed E-state index contributed by atoms with van der Waals surface area (Å²) in [5.74, 6) is -0.0456.